The van der Waals surface area contributed by atoms with E-state index in [0.717, 1.165) is 12.8 Å². The van der Waals surface area contributed by atoms with Crippen LogP contribution in [0.3, 0.4) is 0 Å². The Kier molecular flexibility index (Phi) is 6.19. The lowest BCUT2D eigenvalue weighted by atomic mass is 9.99. The molecule has 0 spiro atoms. The summed E-state index contributed by atoms with van der Waals surface area (Å²) in [5, 5.41) is 1.64. The Morgan fingerprint density at radius 2 is 1.85 bits per heavy atom. The van der Waals surface area contributed by atoms with E-state index in [2.05, 4.69) is 4.74 Å². The first-order chi connectivity index (χ1) is 13.1. The minimum atomic E-state index is -0.504. The van der Waals surface area contributed by atoms with Crippen molar-refractivity contribution in [2.24, 2.45) is 5.92 Å². The number of hydrogen-bond acceptors (Lipinski definition) is 5. The largest absolute Gasteiger partial charge is 0.465 e. The quantitative estimate of drug-likeness (QED) is 0.726. The lowest BCUT2D eigenvalue weighted by Gasteiger charge is -2.16. The topological polar surface area (TPSA) is 55.8 Å². The molecule has 1 aliphatic heterocycles. The first-order valence-electron chi connectivity index (χ1n) is 8.96. The van der Waals surface area contributed by atoms with Gasteiger partial charge in [-0.25, -0.2) is 14.0 Å². The molecular formula is C21H22FNO4. The number of benzene rings is 2. The van der Waals surface area contributed by atoms with E-state index in [1.54, 1.807) is 35.4 Å². The molecule has 1 heterocycles. The van der Waals surface area contributed by atoms with E-state index in [4.69, 9.17) is 4.84 Å². The minimum absolute atomic E-state index is 0.177. The number of hydroxylamine groups is 2. The van der Waals surface area contributed by atoms with Gasteiger partial charge >= 0.3 is 11.9 Å². The van der Waals surface area contributed by atoms with Crippen molar-refractivity contribution in [1.29, 1.82) is 0 Å². The van der Waals surface area contributed by atoms with Crippen LogP contribution >= 0.6 is 0 Å². The molecule has 0 amide bonds. The van der Waals surface area contributed by atoms with E-state index < -0.39 is 11.9 Å². The van der Waals surface area contributed by atoms with Gasteiger partial charge in [0.15, 0.2) is 0 Å². The third-order valence-electron chi connectivity index (χ3n) is 4.76. The summed E-state index contributed by atoms with van der Waals surface area (Å²) in [6.07, 6.45) is 2.40. The summed E-state index contributed by atoms with van der Waals surface area (Å²) in [5.74, 6) is -0.836. The number of esters is 1. The van der Waals surface area contributed by atoms with Crippen LogP contribution in [-0.4, -0.2) is 37.2 Å². The highest BCUT2D eigenvalue weighted by Gasteiger charge is 2.26. The molecule has 1 saturated heterocycles. The maximum atomic E-state index is 13.7. The van der Waals surface area contributed by atoms with E-state index in [-0.39, 0.29) is 5.82 Å². The molecule has 2 aromatic carbocycles. The maximum absolute atomic E-state index is 13.7. The van der Waals surface area contributed by atoms with Crippen molar-refractivity contribution in [3.63, 3.8) is 0 Å². The van der Waals surface area contributed by atoms with Gasteiger partial charge in [0.05, 0.1) is 18.2 Å². The van der Waals surface area contributed by atoms with E-state index >= 15 is 0 Å². The predicted octanol–water partition coefficient (Wildman–Crippen LogP) is 3.64. The van der Waals surface area contributed by atoms with E-state index in [0.29, 0.717) is 42.1 Å². The molecule has 1 atom stereocenters. The molecular weight excluding hydrogens is 349 g/mol. The van der Waals surface area contributed by atoms with Gasteiger partial charge in [0.1, 0.15) is 5.82 Å². The van der Waals surface area contributed by atoms with Crippen LogP contribution in [0.2, 0.25) is 0 Å². The Labute approximate surface area is 157 Å². The number of carbonyl (C=O) groups is 2. The van der Waals surface area contributed by atoms with Crippen molar-refractivity contribution in [3.8, 4) is 0 Å². The smallest absolute Gasteiger partial charge is 0.357 e. The van der Waals surface area contributed by atoms with Gasteiger partial charge in [-0.2, -0.15) is 0 Å². The summed E-state index contributed by atoms with van der Waals surface area (Å²) in [4.78, 5) is 29.3. The minimum Gasteiger partial charge on any atom is -0.465 e. The van der Waals surface area contributed by atoms with Gasteiger partial charge in [-0.15, -0.1) is 5.06 Å². The third-order valence-corrected chi connectivity index (χ3v) is 4.76. The normalized spacial score (nSPS) is 16.9. The number of ether oxygens (including phenoxy) is 1. The SMILES string of the molecule is COC(=O)c1cccc(C(=O)ON2CCC(CCc3ccccc3F)C2)c1. The van der Waals surface area contributed by atoms with E-state index in [1.807, 2.05) is 6.07 Å². The van der Waals surface area contributed by atoms with Gasteiger partial charge < -0.3 is 9.57 Å². The Hall–Kier alpha value is -2.73. The molecule has 0 aliphatic carbocycles. The van der Waals surface area contributed by atoms with Gasteiger partial charge in [-0.05, 0) is 55.0 Å². The summed E-state index contributed by atoms with van der Waals surface area (Å²) in [5.41, 5.74) is 1.32. The average Bonchev–Trinajstić information content (AvgIpc) is 3.14. The van der Waals surface area contributed by atoms with E-state index in [9.17, 15) is 14.0 Å². The fraction of sp³-hybridized carbons (Fsp3) is 0.333. The monoisotopic (exact) mass is 371 g/mol. The fourth-order valence-corrected chi connectivity index (χ4v) is 3.24. The highest BCUT2D eigenvalue weighted by molar-refractivity contribution is 5.95. The third kappa shape index (κ3) is 4.92. The van der Waals surface area contributed by atoms with E-state index in [1.165, 1.54) is 19.2 Å². The summed E-state index contributed by atoms with van der Waals surface area (Å²) in [7, 11) is 1.29. The number of methoxy groups -OCH3 is 1. The van der Waals surface area contributed by atoms with Gasteiger partial charge in [-0.3, -0.25) is 0 Å². The Morgan fingerprint density at radius 1 is 1.11 bits per heavy atom. The van der Waals surface area contributed by atoms with Crippen molar-refractivity contribution in [2.75, 3.05) is 20.2 Å². The van der Waals surface area contributed by atoms with Crippen molar-refractivity contribution in [1.82, 2.24) is 5.06 Å². The predicted molar refractivity (Wildman–Crippen MR) is 97.6 cm³/mol. The molecule has 1 unspecified atom stereocenters. The lowest BCUT2D eigenvalue weighted by Crippen LogP contribution is -2.25. The van der Waals surface area contributed by atoms with Crippen LogP contribution in [-0.2, 0) is 16.0 Å². The number of rotatable bonds is 6. The maximum Gasteiger partial charge on any atom is 0.357 e. The van der Waals surface area contributed by atoms with Crippen molar-refractivity contribution in [3.05, 3.63) is 71.0 Å². The Bertz CT molecular complexity index is 823. The molecule has 6 heteroatoms. The summed E-state index contributed by atoms with van der Waals surface area (Å²) in [6, 6.07) is 13.0. The molecule has 142 valence electrons. The number of nitrogens with zero attached hydrogens (tertiary/aromatic N) is 1. The molecule has 1 aliphatic rings. The Morgan fingerprint density at radius 3 is 2.59 bits per heavy atom. The van der Waals surface area contributed by atoms with Crippen molar-refractivity contribution >= 4 is 11.9 Å². The first kappa shape index (κ1) is 19.0. The van der Waals surface area contributed by atoms with Gasteiger partial charge in [-0.1, -0.05) is 24.3 Å². The van der Waals surface area contributed by atoms with Crippen LogP contribution in [0.5, 0.6) is 0 Å². The average molecular weight is 371 g/mol. The fourth-order valence-electron chi connectivity index (χ4n) is 3.24. The van der Waals surface area contributed by atoms with Crippen LogP contribution in [0.1, 0.15) is 39.1 Å². The highest BCUT2D eigenvalue weighted by atomic mass is 19.1. The second-order valence-electron chi connectivity index (χ2n) is 6.62. The molecule has 0 aromatic heterocycles. The van der Waals surface area contributed by atoms with Crippen molar-refractivity contribution in [2.45, 2.75) is 19.3 Å². The van der Waals surface area contributed by atoms with Gasteiger partial charge in [0.25, 0.3) is 0 Å². The Balaban J connectivity index is 1.51. The van der Waals surface area contributed by atoms with Crippen LogP contribution in [0.4, 0.5) is 4.39 Å². The number of halogens is 1. The first-order valence-corrected chi connectivity index (χ1v) is 8.96. The summed E-state index contributed by atoms with van der Waals surface area (Å²) >= 11 is 0. The van der Waals surface area contributed by atoms with Crippen LogP contribution in [0, 0.1) is 11.7 Å². The van der Waals surface area contributed by atoms with Crippen LogP contribution in [0.15, 0.2) is 48.5 Å². The molecule has 1 fully saturated rings. The highest BCUT2D eigenvalue weighted by Crippen LogP contribution is 2.23. The standard InChI is InChI=1S/C21H22FNO4/c1-26-20(24)17-6-4-7-18(13-17)21(25)27-23-12-11-15(14-23)9-10-16-5-2-3-8-19(16)22/h2-8,13,15H,9-12,14H2,1H3. The molecule has 3 rings (SSSR count). The lowest BCUT2D eigenvalue weighted by molar-refractivity contribution is -0.0953. The molecule has 5 nitrogen and oxygen atoms in total. The second-order valence-corrected chi connectivity index (χ2v) is 6.62. The van der Waals surface area contributed by atoms with Crippen LogP contribution in [0.25, 0.3) is 0 Å². The molecule has 0 radical (unpaired) electrons. The second kappa shape index (κ2) is 8.77. The molecule has 27 heavy (non-hydrogen) atoms. The number of hydrogen-bond donors (Lipinski definition) is 0. The van der Waals surface area contributed by atoms with Gasteiger partial charge in [0.2, 0.25) is 0 Å². The zero-order chi connectivity index (χ0) is 19.2. The number of carbonyl (C=O) groups excluding carboxylic acids is 2. The molecule has 0 bridgehead atoms. The van der Waals surface area contributed by atoms with Crippen molar-refractivity contribution < 1.29 is 23.6 Å². The summed E-state index contributed by atoms with van der Waals surface area (Å²) < 4.78 is 18.4. The van der Waals surface area contributed by atoms with Crippen LogP contribution < -0.4 is 0 Å². The molecule has 0 N–H and O–H groups in total. The molecule has 2 aromatic rings. The zero-order valence-electron chi connectivity index (χ0n) is 15.2. The van der Waals surface area contributed by atoms with Gasteiger partial charge in [0, 0.05) is 13.1 Å². The zero-order valence-corrected chi connectivity index (χ0v) is 15.2. The number of aryl methyl sites for hydroxylation is 1. The molecule has 0 saturated carbocycles. The summed E-state index contributed by atoms with van der Waals surface area (Å²) in [6.45, 7) is 1.27.